The van der Waals surface area contributed by atoms with Crippen LogP contribution in [-0.4, -0.2) is 28.9 Å². The van der Waals surface area contributed by atoms with E-state index in [1.54, 1.807) is 28.9 Å². The highest BCUT2D eigenvalue weighted by Gasteiger charge is 2.29. The molecule has 0 spiro atoms. The average molecular weight is 478 g/mol. The molecule has 1 aliphatic heterocycles. The fourth-order valence-corrected chi connectivity index (χ4v) is 4.80. The minimum atomic E-state index is -3.84. The predicted molar refractivity (Wildman–Crippen MR) is 129 cm³/mol. The molecule has 1 aliphatic rings. The third-order valence-corrected chi connectivity index (χ3v) is 7.04. The summed E-state index contributed by atoms with van der Waals surface area (Å²) in [5.74, 6) is 0.309. The number of aromatic nitrogens is 3. The van der Waals surface area contributed by atoms with Gasteiger partial charge < -0.3 is 0 Å². The third-order valence-electron chi connectivity index (χ3n) is 5.45. The Bertz CT molecular complexity index is 1430. The number of fused-ring (bicyclic) bond motifs is 1. The fraction of sp³-hybridized carbons (Fsp3) is 0.125. The Kier molecular flexibility index (Phi) is 5.47. The second kappa shape index (κ2) is 8.46. The minimum absolute atomic E-state index is 0.0254. The zero-order valence-corrected chi connectivity index (χ0v) is 19.3. The van der Waals surface area contributed by atoms with E-state index in [9.17, 15) is 8.42 Å². The molecule has 0 amide bonds. The third kappa shape index (κ3) is 4.40. The number of hydrogen-bond donors (Lipinski definition) is 1. The number of halogens is 1. The lowest BCUT2D eigenvalue weighted by molar-refractivity contribution is 0.532. The molecule has 166 valence electrons. The molecule has 9 heteroatoms. The van der Waals surface area contributed by atoms with Crippen LogP contribution >= 0.6 is 11.6 Å². The van der Waals surface area contributed by atoms with Crippen molar-refractivity contribution in [2.24, 2.45) is 4.99 Å². The molecular formula is C24H20ClN5O2S. The first-order valence-corrected chi connectivity index (χ1v) is 12.2. The molecule has 0 fully saturated rings. The molecule has 3 aromatic carbocycles. The molecule has 7 nitrogen and oxygen atoms in total. The molecule has 1 atom stereocenters. The van der Waals surface area contributed by atoms with E-state index >= 15 is 0 Å². The van der Waals surface area contributed by atoms with Crippen LogP contribution in [0.1, 0.15) is 29.2 Å². The highest BCUT2D eigenvalue weighted by atomic mass is 35.5. The van der Waals surface area contributed by atoms with Gasteiger partial charge in [-0.05, 0) is 42.3 Å². The van der Waals surface area contributed by atoms with Gasteiger partial charge in [0, 0.05) is 11.4 Å². The molecular weight excluding hydrogens is 458 g/mol. The largest absolute Gasteiger partial charge is 0.264 e. The molecule has 0 radical (unpaired) electrons. The van der Waals surface area contributed by atoms with Gasteiger partial charge in [-0.3, -0.25) is 0 Å². The molecule has 5 rings (SSSR count). The van der Waals surface area contributed by atoms with Crippen molar-refractivity contribution in [1.82, 2.24) is 14.8 Å². The van der Waals surface area contributed by atoms with Crippen molar-refractivity contribution in [2.75, 3.05) is 4.72 Å². The van der Waals surface area contributed by atoms with Crippen LogP contribution in [0.3, 0.4) is 0 Å². The Morgan fingerprint density at radius 3 is 2.36 bits per heavy atom. The maximum Gasteiger partial charge on any atom is 0.264 e. The molecule has 1 unspecified atom stereocenters. The van der Waals surface area contributed by atoms with Crippen molar-refractivity contribution in [3.63, 3.8) is 0 Å². The Balaban J connectivity index is 1.55. The van der Waals surface area contributed by atoms with Crippen LogP contribution in [0, 0.1) is 6.92 Å². The van der Waals surface area contributed by atoms with Crippen LogP contribution in [0.15, 0.2) is 88.8 Å². The van der Waals surface area contributed by atoms with E-state index in [0.29, 0.717) is 17.4 Å². The van der Waals surface area contributed by atoms with Gasteiger partial charge in [-0.15, -0.1) is 5.10 Å². The van der Waals surface area contributed by atoms with Crippen molar-refractivity contribution in [1.29, 1.82) is 0 Å². The van der Waals surface area contributed by atoms with E-state index in [4.69, 9.17) is 11.6 Å². The number of nitrogens with zero attached hydrogens (tertiary/aromatic N) is 4. The SMILES string of the molecule is Cc1ccc(S(=O)(=O)Nc2nc3n(n2)C(c2ccc(Cl)cc2)CC(c2ccccc2)=N3)cc1. The lowest BCUT2D eigenvalue weighted by atomic mass is 9.96. The van der Waals surface area contributed by atoms with E-state index in [2.05, 4.69) is 19.8 Å². The summed E-state index contributed by atoms with van der Waals surface area (Å²) < 4.78 is 29.8. The maximum absolute atomic E-state index is 12.8. The molecule has 1 N–H and O–H groups in total. The summed E-state index contributed by atoms with van der Waals surface area (Å²) in [7, 11) is -3.84. The summed E-state index contributed by atoms with van der Waals surface area (Å²) in [4.78, 5) is 9.23. The zero-order chi connectivity index (χ0) is 23.0. The lowest BCUT2D eigenvalue weighted by Crippen LogP contribution is -2.21. The van der Waals surface area contributed by atoms with Crippen molar-refractivity contribution in [3.8, 4) is 0 Å². The van der Waals surface area contributed by atoms with Gasteiger partial charge in [0.2, 0.25) is 0 Å². The number of anilines is 1. The first-order chi connectivity index (χ1) is 15.9. The molecule has 4 aromatic rings. The second-order valence-electron chi connectivity index (χ2n) is 7.79. The van der Waals surface area contributed by atoms with E-state index in [-0.39, 0.29) is 16.9 Å². The topological polar surface area (TPSA) is 89.2 Å². The minimum Gasteiger partial charge on any atom is -0.246 e. The predicted octanol–water partition coefficient (Wildman–Crippen LogP) is 5.15. The van der Waals surface area contributed by atoms with Gasteiger partial charge in [0.15, 0.2) is 0 Å². The van der Waals surface area contributed by atoms with E-state index in [1.165, 1.54) is 0 Å². The number of rotatable bonds is 5. The molecule has 2 heterocycles. The zero-order valence-electron chi connectivity index (χ0n) is 17.7. The van der Waals surface area contributed by atoms with Crippen molar-refractivity contribution in [2.45, 2.75) is 24.3 Å². The molecule has 0 bridgehead atoms. The number of sulfonamides is 1. The second-order valence-corrected chi connectivity index (χ2v) is 9.91. The molecule has 0 aliphatic carbocycles. The summed E-state index contributed by atoms with van der Waals surface area (Å²) >= 11 is 6.08. The standard InChI is InChI=1S/C24H20ClN5O2S/c1-16-7-13-20(14-8-16)33(31,32)29-23-27-24-26-21(17-5-3-2-4-6-17)15-22(30(24)28-23)18-9-11-19(25)12-10-18/h2-14,22H,15H2,1H3,(H,28,29). The summed E-state index contributed by atoms with van der Waals surface area (Å²) in [6.45, 7) is 1.90. The molecule has 1 aromatic heterocycles. The smallest absolute Gasteiger partial charge is 0.246 e. The number of aryl methyl sites for hydroxylation is 1. The van der Waals surface area contributed by atoms with Gasteiger partial charge in [-0.1, -0.05) is 71.8 Å². The van der Waals surface area contributed by atoms with Crippen molar-refractivity contribution in [3.05, 3.63) is 101 Å². The summed E-state index contributed by atoms with van der Waals surface area (Å²) in [5.41, 5.74) is 3.77. The Labute approximate surface area is 196 Å². The quantitative estimate of drug-likeness (QED) is 0.430. The van der Waals surface area contributed by atoms with Crippen molar-refractivity contribution >= 4 is 39.2 Å². The summed E-state index contributed by atoms with van der Waals surface area (Å²) in [6.07, 6.45) is 0.576. The first-order valence-electron chi connectivity index (χ1n) is 10.3. The molecule has 0 saturated heterocycles. The van der Waals surface area contributed by atoms with E-state index in [1.807, 2.05) is 61.5 Å². The first kappa shape index (κ1) is 21.4. The number of hydrogen-bond acceptors (Lipinski definition) is 5. The van der Waals surface area contributed by atoms with Gasteiger partial charge >= 0.3 is 0 Å². The molecule has 0 saturated carbocycles. The monoisotopic (exact) mass is 477 g/mol. The lowest BCUT2D eigenvalue weighted by Gasteiger charge is -2.23. The highest BCUT2D eigenvalue weighted by molar-refractivity contribution is 7.92. The van der Waals surface area contributed by atoms with Crippen LogP contribution in [0.5, 0.6) is 0 Å². The van der Waals surface area contributed by atoms with Crippen LogP contribution in [0.25, 0.3) is 0 Å². The van der Waals surface area contributed by atoms with Crippen LogP contribution in [0.4, 0.5) is 11.9 Å². The fourth-order valence-electron chi connectivity index (χ4n) is 3.73. The Morgan fingerprint density at radius 1 is 0.970 bits per heavy atom. The van der Waals surface area contributed by atoms with E-state index < -0.39 is 10.0 Å². The maximum atomic E-state index is 12.8. The number of nitrogens with one attached hydrogen (secondary N) is 1. The van der Waals surface area contributed by atoms with Crippen molar-refractivity contribution < 1.29 is 8.42 Å². The summed E-state index contributed by atoms with van der Waals surface area (Å²) in [6, 6.07) is 23.7. The Hall–Kier alpha value is -3.49. The van der Waals surface area contributed by atoms with Gasteiger partial charge in [-0.25, -0.2) is 22.8 Å². The van der Waals surface area contributed by atoms with E-state index in [0.717, 1.165) is 22.4 Å². The van der Waals surface area contributed by atoms with Gasteiger partial charge in [0.05, 0.1) is 16.6 Å². The van der Waals surface area contributed by atoms with Crippen LogP contribution < -0.4 is 4.72 Å². The summed E-state index contributed by atoms with van der Waals surface area (Å²) in [5, 5.41) is 5.10. The van der Waals surface area contributed by atoms with Crippen LogP contribution in [0.2, 0.25) is 5.02 Å². The Morgan fingerprint density at radius 2 is 1.67 bits per heavy atom. The van der Waals surface area contributed by atoms with Gasteiger partial charge in [0.25, 0.3) is 21.9 Å². The normalized spacial score (nSPS) is 15.6. The number of benzene rings is 3. The van der Waals surface area contributed by atoms with Crippen LogP contribution in [-0.2, 0) is 10.0 Å². The molecule has 33 heavy (non-hydrogen) atoms. The van der Waals surface area contributed by atoms with Gasteiger partial charge in [0.1, 0.15) is 0 Å². The average Bonchev–Trinajstić information content (AvgIpc) is 3.21. The number of aliphatic imine (C=N–C) groups is 1. The highest BCUT2D eigenvalue weighted by Crippen LogP contribution is 2.34. The van der Waals surface area contributed by atoms with Gasteiger partial charge in [-0.2, -0.15) is 4.98 Å².